The Morgan fingerprint density at radius 3 is 2.35 bits per heavy atom. The van der Waals surface area contributed by atoms with E-state index in [-0.39, 0.29) is 11.9 Å². The molecule has 0 heterocycles. The van der Waals surface area contributed by atoms with Gasteiger partial charge >= 0.3 is 0 Å². The number of benzene rings is 2. The van der Waals surface area contributed by atoms with Crippen LogP contribution < -0.4 is 14.8 Å². The number of carbonyl (C=O) groups excluding carboxylic acids is 1. The molecule has 0 radical (unpaired) electrons. The quantitative estimate of drug-likeness (QED) is 0.734. The SMILES string of the molecule is COc1cc(C)c(C(C)NC(=O)c2ccccc2I)cc1OC. The lowest BCUT2D eigenvalue weighted by atomic mass is 10.0. The number of ether oxygens (including phenoxy) is 2. The molecule has 1 amide bonds. The highest BCUT2D eigenvalue weighted by atomic mass is 127. The van der Waals surface area contributed by atoms with Gasteiger partial charge in [0.2, 0.25) is 0 Å². The highest BCUT2D eigenvalue weighted by Crippen LogP contribution is 2.33. The van der Waals surface area contributed by atoms with E-state index < -0.39 is 0 Å². The smallest absolute Gasteiger partial charge is 0.252 e. The molecule has 0 aliphatic heterocycles. The summed E-state index contributed by atoms with van der Waals surface area (Å²) >= 11 is 2.17. The Morgan fingerprint density at radius 2 is 1.74 bits per heavy atom. The van der Waals surface area contributed by atoms with E-state index in [0.29, 0.717) is 17.1 Å². The van der Waals surface area contributed by atoms with E-state index in [1.165, 1.54) is 0 Å². The lowest BCUT2D eigenvalue weighted by molar-refractivity contribution is 0.0939. The molecule has 5 heteroatoms. The Kier molecular flexibility index (Phi) is 5.87. The highest BCUT2D eigenvalue weighted by Gasteiger charge is 2.17. The van der Waals surface area contributed by atoms with E-state index in [1.807, 2.05) is 50.2 Å². The Morgan fingerprint density at radius 1 is 1.13 bits per heavy atom. The van der Waals surface area contributed by atoms with Gasteiger partial charge in [0.15, 0.2) is 11.5 Å². The molecule has 4 nitrogen and oxygen atoms in total. The van der Waals surface area contributed by atoms with Crippen LogP contribution in [0.3, 0.4) is 0 Å². The maximum Gasteiger partial charge on any atom is 0.252 e. The molecular formula is C18H20INO3. The minimum absolute atomic E-state index is 0.0864. The van der Waals surface area contributed by atoms with Crippen molar-refractivity contribution in [2.24, 2.45) is 0 Å². The fraction of sp³-hybridized carbons (Fsp3) is 0.278. The summed E-state index contributed by atoms with van der Waals surface area (Å²) in [6.45, 7) is 3.95. The molecule has 1 unspecified atom stereocenters. The Balaban J connectivity index is 2.25. The van der Waals surface area contributed by atoms with E-state index in [2.05, 4.69) is 27.9 Å². The van der Waals surface area contributed by atoms with Crippen LogP contribution in [0, 0.1) is 10.5 Å². The normalized spacial score (nSPS) is 11.7. The van der Waals surface area contributed by atoms with Crippen LogP contribution in [0.2, 0.25) is 0 Å². The van der Waals surface area contributed by atoms with Gasteiger partial charge in [-0.2, -0.15) is 0 Å². The fourth-order valence-electron chi connectivity index (χ4n) is 2.46. The first-order valence-corrected chi connectivity index (χ1v) is 8.33. The van der Waals surface area contributed by atoms with E-state index in [4.69, 9.17) is 9.47 Å². The third-order valence-electron chi connectivity index (χ3n) is 3.70. The minimum atomic E-state index is -0.140. The molecule has 0 spiro atoms. The average molecular weight is 425 g/mol. The number of halogens is 1. The van der Waals surface area contributed by atoms with Crippen LogP contribution in [0.5, 0.6) is 11.5 Å². The number of hydrogen-bond donors (Lipinski definition) is 1. The molecule has 1 atom stereocenters. The van der Waals surface area contributed by atoms with Gasteiger partial charge < -0.3 is 14.8 Å². The van der Waals surface area contributed by atoms with Gasteiger partial charge in [-0.3, -0.25) is 4.79 Å². The monoisotopic (exact) mass is 425 g/mol. The highest BCUT2D eigenvalue weighted by molar-refractivity contribution is 14.1. The molecule has 122 valence electrons. The third kappa shape index (κ3) is 3.96. The summed E-state index contributed by atoms with van der Waals surface area (Å²) in [6.07, 6.45) is 0. The van der Waals surface area contributed by atoms with E-state index >= 15 is 0 Å². The molecule has 2 rings (SSSR count). The summed E-state index contributed by atoms with van der Waals surface area (Å²) in [7, 11) is 3.21. The zero-order valence-electron chi connectivity index (χ0n) is 13.6. The van der Waals surface area contributed by atoms with Gasteiger partial charge in [-0.25, -0.2) is 0 Å². The number of aryl methyl sites for hydroxylation is 1. The molecule has 0 saturated carbocycles. The summed E-state index contributed by atoms with van der Waals surface area (Å²) in [6, 6.07) is 11.2. The molecule has 2 aromatic carbocycles. The van der Waals surface area contributed by atoms with Crippen molar-refractivity contribution in [2.45, 2.75) is 19.9 Å². The second kappa shape index (κ2) is 7.68. The molecule has 0 bridgehead atoms. The summed E-state index contributed by atoms with van der Waals surface area (Å²) in [5.74, 6) is 1.25. The third-order valence-corrected chi connectivity index (χ3v) is 4.65. The predicted octanol–water partition coefficient (Wildman–Crippen LogP) is 4.11. The molecule has 23 heavy (non-hydrogen) atoms. The molecule has 1 N–H and O–H groups in total. The second-order valence-corrected chi connectivity index (χ2v) is 6.40. The molecule has 0 aliphatic rings. The van der Waals surface area contributed by atoms with Crippen molar-refractivity contribution in [3.63, 3.8) is 0 Å². The van der Waals surface area contributed by atoms with Crippen LogP contribution in [-0.2, 0) is 0 Å². The number of methoxy groups -OCH3 is 2. The lowest BCUT2D eigenvalue weighted by Crippen LogP contribution is -2.27. The lowest BCUT2D eigenvalue weighted by Gasteiger charge is -2.19. The van der Waals surface area contributed by atoms with Crippen LogP contribution in [0.1, 0.15) is 34.5 Å². The maximum absolute atomic E-state index is 12.5. The molecule has 0 fully saturated rings. The van der Waals surface area contributed by atoms with Crippen molar-refractivity contribution in [1.29, 1.82) is 0 Å². The van der Waals surface area contributed by atoms with Gasteiger partial charge in [-0.1, -0.05) is 12.1 Å². The predicted molar refractivity (Wildman–Crippen MR) is 99.3 cm³/mol. The van der Waals surface area contributed by atoms with Gasteiger partial charge in [0.25, 0.3) is 5.91 Å². The number of carbonyl (C=O) groups is 1. The summed E-state index contributed by atoms with van der Waals surface area (Å²) in [4.78, 5) is 12.5. The fourth-order valence-corrected chi connectivity index (χ4v) is 3.09. The van der Waals surface area contributed by atoms with Gasteiger partial charge in [0, 0.05) is 3.57 Å². The summed E-state index contributed by atoms with van der Waals surface area (Å²) in [5.41, 5.74) is 2.72. The van der Waals surface area contributed by atoms with Crippen molar-refractivity contribution in [3.05, 3.63) is 56.7 Å². The van der Waals surface area contributed by atoms with Crippen molar-refractivity contribution < 1.29 is 14.3 Å². The van der Waals surface area contributed by atoms with E-state index in [1.54, 1.807) is 14.2 Å². The number of rotatable bonds is 5. The van der Waals surface area contributed by atoms with E-state index in [0.717, 1.165) is 14.7 Å². The first kappa shape index (κ1) is 17.6. The van der Waals surface area contributed by atoms with Crippen molar-refractivity contribution >= 4 is 28.5 Å². The zero-order valence-corrected chi connectivity index (χ0v) is 15.8. The molecular weight excluding hydrogens is 405 g/mol. The maximum atomic E-state index is 12.5. The average Bonchev–Trinajstić information content (AvgIpc) is 2.54. The minimum Gasteiger partial charge on any atom is -0.493 e. The summed E-state index contributed by atoms with van der Waals surface area (Å²) < 4.78 is 11.6. The molecule has 2 aromatic rings. The summed E-state index contributed by atoms with van der Waals surface area (Å²) in [5, 5.41) is 3.04. The van der Waals surface area contributed by atoms with Crippen LogP contribution in [0.4, 0.5) is 0 Å². The van der Waals surface area contributed by atoms with Gasteiger partial charge in [-0.05, 0) is 71.8 Å². The van der Waals surface area contributed by atoms with Crippen LogP contribution in [0.15, 0.2) is 36.4 Å². The number of nitrogens with one attached hydrogen (secondary N) is 1. The van der Waals surface area contributed by atoms with Crippen LogP contribution >= 0.6 is 22.6 Å². The topological polar surface area (TPSA) is 47.6 Å². The largest absolute Gasteiger partial charge is 0.493 e. The Labute approximate surface area is 150 Å². The molecule has 0 aliphatic carbocycles. The standard InChI is InChI=1S/C18H20INO3/c1-11-9-16(22-3)17(23-4)10-14(11)12(2)20-18(21)13-7-5-6-8-15(13)19/h5-10,12H,1-4H3,(H,20,21). The Bertz CT molecular complexity index is 715. The molecule has 0 saturated heterocycles. The molecule has 0 aromatic heterocycles. The van der Waals surface area contributed by atoms with Crippen molar-refractivity contribution in [3.8, 4) is 11.5 Å². The van der Waals surface area contributed by atoms with E-state index in [9.17, 15) is 4.79 Å². The second-order valence-electron chi connectivity index (χ2n) is 5.24. The first-order chi connectivity index (χ1) is 11.0. The van der Waals surface area contributed by atoms with Gasteiger partial charge in [0.05, 0.1) is 25.8 Å². The van der Waals surface area contributed by atoms with Crippen LogP contribution in [-0.4, -0.2) is 20.1 Å². The van der Waals surface area contributed by atoms with Crippen LogP contribution in [0.25, 0.3) is 0 Å². The van der Waals surface area contributed by atoms with Gasteiger partial charge in [-0.15, -0.1) is 0 Å². The first-order valence-electron chi connectivity index (χ1n) is 7.25. The number of hydrogen-bond acceptors (Lipinski definition) is 3. The Hall–Kier alpha value is -1.76. The van der Waals surface area contributed by atoms with Gasteiger partial charge in [0.1, 0.15) is 0 Å². The van der Waals surface area contributed by atoms with Crippen molar-refractivity contribution in [1.82, 2.24) is 5.32 Å². The zero-order chi connectivity index (χ0) is 17.0. The van der Waals surface area contributed by atoms with Crippen molar-refractivity contribution in [2.75, 3.05) is 14.2 Å². The number of amides is 1.